The van der Waals surface area contributed by atoms with Crippen molar-refractivity contribution < 1.29 is 5.11 Å². The summed E-state index contributed by atoms with van der Waals surface area (Å²) in [6, 6.07) is 0. The van der Waals surface area contributed by atoms with Gasteiger partial charge in [-0.3, -0.25) is 0 Å². The van der Waals surface area contributed by atoms with E-state index in [2.05, 4.69) is 60.6 Å². The molecule has 4 aliphatic rings. The largest absolute Gasteiger partial charge is 0.393 e. The average molecular weight is 427 g/mol. The lowest BCUT2D eigenvalue weighted by Crippen LogP contribution is -2.54. The summed E-state index contributed by atoms with van der Waals surface area (Å²) in [4.78, 5) is 0. The van der Waals surface area contributed by atoms with Crippen molar-refractivity contribution in [3.8, 4) is 0 Å². The Labute approximate surface area is 193 Å². The number of rotatable bonds is 4. The van der Waals surface area contributed by atoms with Gasteiger partial charge in [-0.05, 0) is 124 Å². The van der Waals surface area contributed by atoms with Crippen molar-refractivity contribution in [2.45, 2.75) is 112 Å². The molecule has 4 rings (SSSR count). The summed E-state index contributed by atoms with van der Waals surface area (Å²) in [5.41, 5.74) is 4.27. The van der Waals surface area contributed by atoms with Crippen LogP contribution in [-0.2, 0) is 0 Å². The average Bonchev–Trinajstić information content (AvgIpc) is 3.06. The molecule has 9 atom stereocenters. The Balaban J connectivity index is 1.54. The molecule has 0 aromatic heterocycles. The Kier molecular flexibility index (Phi) is 6.59. The van der Waals surface area contributed by atoms with Gasteiger partial charge in [-0.2, -0.15) is 0 Å². The molecule has 4 saturated carbocycles. The van der Waals surface area contributed by atoms with Gasteiger partial charge < -0.3 is 5.11 Å². The zero-order valence-corrected chi connectivity index (χ0v) is 21.6. The first kappa shape index (κ1) is 23.6. The van der Waals surface area contributed by atoms with Gasteiger partial charge in [0, 0.05) is 0 Å². The Morgan fingerprint density at radius 3 is 2.26 bits per heavy atom. The molecule has 0 radical (unpaired) electrons. The zero-order valence-electron chi connectivity index (χ0n) is 21.6. The molecule has 0 spiro atoms. The Hall–Kier alpha value is -0.560. The number of allylic oxidation sites excluding steroid dienone is 4. The van der Waals surface area contributed by atoms with Gasteiger partial charge >= 0.3 is 0 Å². The molecule has 4 fully saturated rings. The molecule has 176 valence electrons. The van der Waals surface area contributed by atoms with Crippen LogP contribution in [0.5, 0.6) is 0 Å². The third kappa shape index (κ3) is 3.89. The summed E-state index contributed by atoms with van der Waals surface area (Å²) in [6.07, 6.45) is 16.9. The maximum absolute atomic E-state index is 10.3. The SMILES string of the molecule is C/C=C(\C(C)C)C(C)/C=C(\C)[C@H]1CC[C@H]2[C@@H]3CCC4CC(O)CC[C@]4(C)[C@H]3CC[C@]12C. The van der Waals surface area contributed by atoms with Gasteiger partial charge in [0.05, 0.1) is 6.10 Å². The molecule has 0 bridgehead atoms. The van der Waals surface area contributed by atoms with E-state index in [0.29, 0.717) is 22.7 Å². The van der Waals surface area contributed by atoms with E-state index in [0.717, 1.165) is 42.4 Å². The first-order chi connectivity index (χ1) is 14.6. The smallest absolute Gasteiger partial charge is 0.0543 e. The van der Waals surface area contributed by atoms with E-state index >= 15 is 0 Å². The van der Waals surface area contributed by atoms with Crippen LogP contribution in [-0.4, -0.2) is 11.2 Å². The van der Waals surface area contributed by atoms with Crippen molar-refractivity contribution in [2.24, 2.45) is 52.3 Å². The van der Waals surface area contributed by atoms with Gasteiger partial charge in [0.1, 0.15) is 0 Å². The molecule has 0 aromatic carbocycles. The van der Waals surface area contributed by atoms with Crippen LogP contribution in [0.25, 0.3) is 0 Å². The van der Waals surface area contributed by atoms with Crippen molar-refractivity contribution in [3.63, 3.8) is 0 Å². The van der Waals surface area contributed by atoms with E-state index in [9.17, 15) is 5.11 Å². The molecular formula is C30H50O. The quantitative estimate of drug-likeness (QED) is 0.449. The number of hydrogen-bond donors (Lipinski definition) is 1. The molecule has 0 saturated heterocycles. The minimum Gasteiger partial charge on any atom is -0.393 e. The molecule has 1 heteroatoms. The highest BCUT2D eigenvalue weighted by molar-refractivity contribution is 5.22. The normalized spacial score (nSPS) is 47.0. The maximum Gasteiger partial charge on any atom is 0.0543 e. The van der Waals surface area contributed by atoms with Crippen molar-refractivity contribution in [1.82, 2.24) is 0 Å². The number of fused-ring (bicyclic) bond motifs is 5. The van der Waals surface area contributed by atoms with E-state index < -0.39 is 0 Å². The first-order valence-corrected chi connectivity index (χ1v) is 13.6. The van der Waals surface area contributed by atoms with Crippen LogP contribution in [0, 0.1) is 52.3 Å². The second kappa shape index (κ2) is 8.66. The van der Waals surface area contributed by atoms with Crippen LogP contribution < -0.4 is 0 Å². The standard InChI is InChI=1S/C30H50O/c1-8-24(19(2)3)20(4)17-21(5)26-11-12-27-25-10-9-22-18-23(31)13-15-29(22,6)28(25)14-16-30(26,27)7/h8,17,19-20,22-23,25-28,31H,9-16,18H2,1-7H3/b21-17+,24-8+/t20?,22?,23?,25-,26+,27-,28-,29-,30+/m0/s1. The summed E-state index contributed by atoms with van der Waals surface area (Å²) >= 11 is 0. The Bertz CT molecular complexity index is 716. The van der Waals surface area contributed by atoms with Crippen molar-refractivity contribution in [1.29, 1.82) is 0 Å². The van der Waals surface area contributed by atoms with Gasteiger partial charge in [0.25, 0.3) is 0 Å². The number of aliphatic hydroxyl groups excluding tert-OH is 1. The van der Waals surface area contributed by atoms with Gasteiger partial charge in [-0.1, -0.05) is 57.9 Å². The van der Waals surface area contributed by atoms with Crippen LogP contribution in [0.2, 0.25) is 0 Å². The van der Waals surface area contributed by atoms with Crippen LogP contribution in [0.4, 0.5) is 0 Å². The van der Waals surface area contributed by atoms with Crippen LogP contribution >= 0.6 is 0 Å². The molecule has 1 nitrogen and oxygen atoms in total. The van der Waals surface area contributed by atoms with Crippen LogP contribution in [0.1, 0.15) is 106 Å². The van der Waals surface area contributed by atoms with Gasteiger partial charge in [0.2, 0.25) is 0 Å². The van der Waals surface area contributed by atoms with E-state index in [1.807, 2.05) is 0 Å². The predicted molar refractivity (Wildman–Crippen MR) is 133 cm³/mol. The summed E-state index contributed by atoms with van der Waals surface area (Å²) in [5.74, 6) is 5.53. The lowest BCUT2D eigenvalue weighted by molar-refractivity contribution is -0.124. The molecule has 0 heterocycles. The fraction of sp³-hybridized carbons (Fsp3) is 0.867. The molecule has 0 amide bonds. The molecule has 4 aliphatic carbocycles. The minimum atomic E-state index is -0.0259. The summed E-state index contributed by atoms with van der Waals surface area (Å²) in [7, 11) is 0. The highest BCUT2D eigenvalue weighted by Gasteiger charge is 2.60. The third-order valence-electron chi connectivity index (χ3n) is 11.2. The monoisotopic (exact) mass is 426 g/mol. The number of hydrogen-bond acceptors (Lipinski definition) is 1. The zero-order chi connectivity index (χ0) is 22.6. The lowest BCUT2D eigenvalue weighted by Gasteiger charge is -2.61. The molecule has 3 unspecified atom stereocenters. The highest BCUT2D eigenvalue weighted by Crippen LogP contribution is 2.68. The van der Waals surface area contributed by atoms with E-state index in [4.69, 9.17) is 0 Å². The minimum absolute atomic E-state index is 0.0259. The maximum atomic E-state index is 10.3. The predicted octanol–water partition coefficient (Wildman–Crippen LogP) is 8.19. The van der Waals surface area contributed by atoms with Crippen LogP contribution in [0.15, 0.2) is 23.3 Å². The van der Waals surface area contributed by atoms with Crippen LogP contribution in [0.3, 0.4) is 0 Å². The molecule has 31 heavy (non-hydrogen) atoms. The van der Waals surface area contributed by atoms with E-state index in [1.54, 1.807) is 11.1 Å². The Morgan fingerprint density at radius 2 is 1.58 bits per heavy atom. The van der Waals surface area contributed by atoms with E-state index in [-0.39, 0.29) is 6.10 Å². The Morgan fingerprint density at radius 1 is 0.903 bits per heavy atom. The van der Waals surface area contributed by atoms with E-state index in [1.165, 1.54) is 44.9 Å². The van der Waals surface area contributed by atoms with Crippen molar-refractivity contribution >= 4 is 0 Å². The second-order valence-electron chi connectivity index (χ2n) is 12.9. The summed E-state index contributed by atoms with van der Waals surface area (Å²) in [6.45, 7) is 17.0. The molecule has 1 N–H and O–H groups in total. The molecular weight excluding hydrogens is 376 g/mol. The highest BCUT2D eigenvalue weighted by atomic mass is 16.3. The molecule has 0 aliphatic heterocycles. The van der Waals surface area contributed by atoms with Crippen molar-refractivity contribution in [2.75, 3.05) is 0 Å². The number of aliphatic hydroxyl groups is 1. The fourth-order valence-electron chi connectivity index (χ4n) is 9.71. The second-order valence-corrected chi connectivity index (χ2v) is 12.9. The first-order valence-electron chi connectivity index (χ1n) is 13.6. The van der Waals surface area contributed by atoms with Gasteiger partial charge in [-0.25, -0.2) is 0 Å². The fourth-order valence-corrected chi connectivity index (χ4v) is 9.71. The van der Waals surface area contributed by atoms with Gasteiger partial charge in [-0.15, -0.1) is 0 Å². The third-order valence-corrected chi connectivity index (χ3v) is 11.2. The lowest BCUT2D eigenvalue weighted by atomic mass is 9.44. The summed E-state index contributed by atoms with van der Waals surface area (Å²) < 4.78 is 0. The van der Waals surface area contributed by atoms with Crippen molar-refractivity contribution in [3.05, 3.63) is 23.3 Å². The van der Waals surface area contributed by atoms with Gasteiger partial charge in [0.15, 0.2) is 0 Å². The topological polar surface area (TPSA) is 20.2 Å². The summed E-state index contributed by atoms with van der Waals surface area (Å²) in [5, 5.41) is 10.3. The molecule has 0 aromatic rings.